The second-order valence-electron chi connectivity index (χ2n) is 13.4. The molecule has 0 N–H and O–H groups in total. The van der Waals surface area contributed by atoms with Crippen LogP contribution in [-0.4, -0.2) is 129 Å². The zero-order chi connectivity index (χ0) is 43.3. The van der Waals surface area contributed by atoms with E-state index in [1.54, 1.807) is 66.7 Å². The molecule has 0 aromatic heterocycles. The van der Waals surface area contributed by atoms with Gasteiger partial charge in [0.05, 0.1) is 0 Å². The molecule has 5 rings (SSSR count). The van der Waals surface area contributed by atoms with Crippen LogP contribution in [0.4, 0.5) is 0 Å². The number of hydrogen-bond donors (Lipinski definition) is 0. The first-order chi connectivity index (χ1) is 28.7. The fraction of sp³-hybridized carbons (Fsp3) is 0.405. The summed E-state index contributed by atoms with van der Waals surface area (Å²) in [6.07, 6.45) is -9.30. The molecule has 2 aliphatic heterocycles. The number of thioether (sulfide) groups is 1. The summed E-state index contributed by atoms with van der Waals surface area (Å²) in [6.45, 7) is 3.87. The number of carbonyl (C=O) groups excluding carboxylic acids is 7. The Kier molecular flexibility index (Phi) is 16.7. The Morgan fingerprint density at radius 2 is 1.00 bits per heavy atom. The normalized spacial score (nSPS) is 26.0. The molecule has 2 fully saturated rings. The van der Waals surface area contributed by atoms with Gasteiger partial charge in [0.15, 0.2) is 0 Å². The summed E-state index contributed by atoms with van der Waals surface area (Å²) in [7, 11) is 1.30. The molecule has 0 aliphatic carbocycles. The SMILES string of the molecule is CO[C@H]1O[C@H](COC(=O)c2ccccc2)[C@@H]([Se][C@@H]2S[C@H](COC(C)=O)[C@@H](OC(C)=O)[C@H](OC(C)=O)[C@H]2OC(C)=O)[C@H](OC(=O)c2ccccc2)[C@H]1OC(=O)c1ccccc1. The molecule has 0 bridgehead atoms. The van der Waals surface area contributed by atoms with Crippen molar-refractivity contribution in [3.05, 3.63) is 108 Å². The van der Waals surface area contributed by atoms with Gasteiger partial charge in [0.1, 0.15) is 0 Å². The van der Waals surface area contributed by atoms with Crippen molar-refractivity contribution in [3.8, 4) is 0 Å². The topological polar surface area (TPSA) is 203 Å². The van der Waals surface area contributed by atoms with Crippen molar-refractivity contribution < 1.29 is 76.2 Å². The van der Waals surface area contributed by atoms with Gasteiger partial charge < -0.3 is 0 Å². The van der Waals surface area contributed by atoms with E-state index in [2.05, 4.69) is 0 Å². The Morgan fingerprint density at radius 3 is 1.48 bits per heavy atom. The van der Waals surface area contributed by atoms with E-state index in [4.69, 9.17) is 42.6 Å². The van der Waals surface area contributed by atoms with Gasteiger partial charge in [0.2, 0.25) is 0 Å². The molecule has 320 valence electrons. The molecule has 3 aromatic carbocycles. The van der Waals surface area contributed by atoms with E-state index in [1.807, 2.05) is 0 Å². The van der Waals surface area contributed by atoms with Crippen molar-refractivity contribution in [1.82, 2.24) is 0 Å². The monoisotopic (exact) mass is 916 g/mol. The quantitative estimate of drug-likeness (QED) is 0.120. The number of methoxy groups -OCH3 is 1. The molecule has 0 saturated carbocycles. The molecule has 2 heterocycles. The van der Waals surface area contributed by atoms with Crippen LogP contribution in [0.1, 0.15) is 58.8 Å². The predicted octanol–water partition coefficient (Wildman–Crippen LogP) is 3.96. The average molecular weight is 916 g/mol. The second-order valence-corrected chi connectivity index (χ2v) is 18.2. The van der Waals surface area contributed by atoms with Gasteiger partial charge in [-0.05, 0) is 0 Å². The number of hydrogen-bond acceptors (Lipinski definition) is 17. The van der Waals surface area contributed by atoms with Crippen molar-refractivity contribution in [1.29, 1.82) is 0 Å². The summed E-state index contributed by atoms with van der Waals surface area (Å²) < 4.78 is 52.0. The maximum atomic E-state index is 14.0. The summed E-state index contributed by atoms with van der Waals surface area (Å²) in [4.78, 5) is 89.9. The molecule has 0 spiro atoms. The van der Waals surface area contributed by atoms with Gasteiger partial charge >= 0.3 is 358 Å². The van der Waals surface area contributed by atoms with Crippen molar-refractivity contribution >= 4 is 68.5 Å². The van der Waals surface area contributed by atoms with Crippen LogP contribution in [0.3, 0.4) is 0 Å². The van der Waals surface area contributed by atoms with E-state index < -0.39 is 120 Å². The molecular weight excluding hydrogens is 871 g/mol. The molecule has 3 aromatic rings. The van der Waals surface area contributed by atoms with Gasteiger partial charge in [-0.15, -0.1) is 0 Å². The van der Waals surface area contributed by atoms with E-state index in [9.17, 15) is 33.6 Å². The summed E-state index contributed by atoms with van der Waals surface area (Å²) >= 11 is 0.106. The third kappa shape index (κ3) is 12.4. The number of esters is 7. The fourth-order valence-corrected chi connectivity index (χ4v) is 12.5. The van der Waals surface area contributed by atoms with Gasteiger partial charge in [-0.1, -0.05) is 0 Å². The number of ether oxygens (including phenoxy) is 9. The standard InChI is InChI=1S/C42H44O16SSe/c1-23(43)51-22-31-32(53-24(2)44)33(54-25(3)45)36(55-26(4)46)42(59-31)60-37-30(21-52-38(47)27-15-9-6-10-16-27)56-41(50-5)35(58-40(49)29-19-13-8-14-20-29)34(37)57-39(48)28-17-11-7-12-18-28/h6-20,30-37,41-42H,21-22H2,1-5H3/t30-,31-,32-,33+,34-,35-,36-,37-,41+,42+/m1/s1. The van der Waals surface area contributed by atoms with E-state index in [0.717, 1.165) is 32.5 Å². The molecule has 60 heavy (non-hydrogen) atoms. The summed E-state index contributed by atoms with van der Waals surface area (Å²) in [5, 5.41) is -0.886. The molecule has 0 amide bonds. The predicted molar refractivity (Wildman–Crippen MR) is 212 cm³/mol. The number of benzene rings is 3. The molecule has 2 saturated heterocycles. The van der Waals surface area contributed by atoms with Crippen LogP contribution in [-0.2, 0) is 61.8 Å². The van der Waals surface area contributed by atoms with Gasteiger partial charge in [0.25, 0.3) is 0 Å². The Morgan fingerprint density at radius 1 is 0.533 bits per heavy atom. The van der Waals surface area contributed by atoms with E-state index in [1.165, 1.54) is 38.3 Å². The third-order valence-corrected chi connectivity index (χ3v) is 14.5. The number of carbonyl (C=O) groups is 7. The zero-order valence-corrected chi connectivity index (χ0v) is 35.7. The maximum absolute atomic E-state index is 14.0. The Balaban J connectivity index is 1.63. The first kappa shape index (κ1) is 45.8. The molecule has 0 radical (unpaired) electrons. The second kappa shape index (κ2) is 21.8. The van der Waals surface area contributed by atoms with E-state index in [0.29, 0.717) is 0 Å². The summed E-state index contributed by atoms with van der Waals surface area (Å²) in [5.41, 5.74) is 0.579. The van der Waals surface area contributed by atoms with Gasteiger partial charge in [0, 0.05) is 0 Å². The summed E-state index contributed by atoms with van der Waals surface area (Å²) in [5.74, 6) is -5.25. The van der Waals surface area contributed by atoms with Crippen LogP contribution >= 0.6 is 11.8 Å². The van der Waals surface area contributed by atoms with Gasteiger partial charge in [-0.3, -0.25) is 0 Å². The van der Waals surface area contributed by atoms with Gasteiger partial charge in [-0.2, -0.15) is 0 Å². The third-order valence-electron chi connectivity index (χ3n) is 8.96. The fourth-order valence-electron chi connectivity index (χ4n) is 6.43. The zero-order valence-electron chi connectivity index (χ0n) is 33.2. The van der Waals surface area contributed by atoms with Crippen LogP contribution in [0.5, 0.6) is 0 Å². The average Bonchev–Trinajstić information content (AvgIpc) is 3.23. The summed E-state index contributed by atoms with van der Waals surface area (Å²) in [6, 6.07) is 24.3. The molecule has 2 aliphatic rings. The van der Waals surface area contributed by atoms with Crippen LogP contribution in [0, 0.1) is 0 Å². The Hall–Kier alpha value is -5.26. The molecule has 16 nitrogen and oxygen atoms in total. The first-order valence-electron chi connectivity index (χ1n) is 18.6. The minimum absolute atomic E-state index is 0.162. The Labute approximate surface area is 356 Å². The van der Waals surface area contributed by atoms with Crippen molar-refractivity contribution in [2.24, 2.45) is 0 Å². The Bertz CT molecular complexity index is 1970. The van der Waals surface area contributed by atoms with Crippen LogP contribution in [0.2, 0.25) is 4.82 Å². The van der Waals surface area contributed by atoms with Crippen molar-refractivity contribution in [3.63, 3.8) is 0 Å². The minimum atomic E-state index is -1.43. The van der Waals surface area contributed by atoms with Crippen LogP contribution in [0.15, 0.2) is 91.0 Å². The molecular formula is C42H44O16SSe. The molecule has 0 unspecified atom stereocenters. The molecule has 18 heteroatoms. The van der Waals surface area contributed by atoms with Crippen LogP contribution in [0.25, 0.3) is 0 Å². The van der Waals surface area contributed by atoms with Crippen LogP contribution < -0.4 is 0 Å². The number of rotatable bonds is 15. The first-order valence-corrected chi connectivity index (χ1v) is 21.6. The van der Waals surface area contributed by atoms with Gasteiger partial charge in [-0.25, -0.2) is 0 Å². The molecule has 10 atom stereocenters. The van der Waals surface area contributed by atoms with E-state index >= 15 is 0 Å². The van der Waals surface area contributed by atoms with E-state index in [-0.39, 0.29) is 23.3 Å². The van der Waals surface area contributed by atoms with Crippen molar-refractivity contribution in [2.75, 3.05) is 20.3 Å². The van der Waals surface area contributed by atoms with Crippen molar-refractivity contribution in [2.45, 2.75) is 84.8 Å².